The third-order valence-corrected chi connectivity index (χ3v) is 5.75. The van der Waals surface area contributed by atoms with Gasteiger partial charge in [-0.2, -0.15) is 5.10 Å². The molecule has 1 aliphatic carbocycles. The van der Waals surface area contributed by atoms with Crippen LogP contribution in [0, 0.1) is 11.7 Å². The third kappa shape index (κ3) is 5.81. The van der Waals surface area contributed by atoms with Crippen molar-refractivity contribution in [2.75, 3.05) is 6.61 Å². The fourth-order valence-corrected chi connectivity index (χ4v) is 3.66. The summed E-state index contributed by atoms with van der Waals surface area (Å²) in [4.78, 5) is 12.4. The number of amides is 1. The highest BCUT2D eigenvalue weighted by Gasteiger charge is 2.16. The molecule has 1 aliphatic rings. The number of carbonyl (C=O) groups excluding carboxylic acids is 1. The van der Waals surface area contributed by atoms with Crippen LogP contribution in [0.5, 0.6) is 5.75 Å². The summed E-state index contributed by atoms with van der Waals surface area (Å²) in [7, 11) is 1.73. The van der Waals surface area contributed by atoms with E-state index in [1.165, 1.54) is 32.1 Å². The van der Waals surface area contributed by atoms with Gasteiger partial charge in [0.05, 0.1) is 12.3 Å². The topological polar surface area (TPSA) is 56.1 Å². The molecule has 6 heteroatoms. The van der Waals surface area contributed by atoms with Gasteiger partial charge in [-0.15, -0.1) is 0 Å². The summed E-state index contributed by atoms with van der Waals surface area (Å²) in [5, 5.41) is 7.04. The van der Waals surface area contributed by atoms with E-state index in [1.54, 1.807) is 36.0 Å². The molecule has 0 radical (unpaired) electrons. The number of aryl methyl sites for hydroxylation is 2. The maximum Gasteiger partial charge on any atom is 0.269 e. The van der Waals surface area contributed by atoms with E-state index in [0.29, 0.717) is 17.9 Å². The minimum absolute atomic E-state index is 0.107. The van der Waals surface area contributed by atoms with Crippen molar-refractivity contribution >= 4 is 5.91 Å². The molecule has 0 unspecified atom stereocenters. The average Bonchev–Trinajstić information content (AvgIpc) is 3.06. The van der Waals surface area contributed by atoms with Gasteiger partial charge in [0.15, 0.2) is 11.6 Å². The van der Waals surface area contributed by atoms with Crippen LogP contribution in [0.2, 0.25) is 0 Å². The first-order chi connectivity index (χ1) is 14.1. The second kappa shape index (κ2) is 10.4. The minimum Gasteiger partial charge on any atom is -0.491 e. The molecule has 0 aliphatic heterocycles. The first kappa shape index (κ1) is 21.3. The van der Waals surface area contributed by atoms with Crippen LogP contribution in [0.1, 0.15) is 73.6 Å². The Bertz CT molecular complexity index is 814. The Labute approximate surface area is 172 Å². The first-order valence-corrected chi connectivity index (χ1v) is 10.8. The van der Waals surface area contributed by atoms with Crippen LogP contribution in [-0.2, 0) is 20.0 Å². The standard InChI is InChI=1S/C23H32FN3O2/c1-3-19-15-20(27(2)26-19)23(28)25-16-18-12-8-13-21(22(18)24)29-14-6-4-5-9-17-10-7-11-17/h8,12-13,15,17H,3-7,9-11,14,16H2,1-2H3,(H,25,28). The van der Waals surface area contributed by atoms with Gasteiger partial charge < -0.3 is 10.1 Å². The van der Waals surface area contributed by atoms with Crippen LogP contribution < -0.4 is 10.1 Å². The zero-order valence-electron chi connectivity index (χ0n) is 17.5. The maximum atomic E-state index is 14.7. The molecule has 0 atom stereocenters. The molecule has 158 valence electrons. The average molecular weight is 402 g/mol. The van der Waals surface area contributed by atoms with Gasteiger partial charge >= 0.3 is 0 Å². The lowest BCUT2D eigenvalue weighted by atomic mass is 9.82. The molecule has 1 saturated carbocycles. The van der Waals surface area contributed by atoms with Crippen molar-refractivity contribution in [3.05, 3.63) is 47.0 Å². The van der Waals surface area contributed by atoms with Crippen LogP contribution in [0.25, 0.3) is 0 Å². The van der Waals surface area contributed by atoms with E-state index in [2.05, 4.69) is 10.4 Å². The van der Waals surface area contributed by atoms with Gasteiger partial charge in [-0.25, -0.2) is 4.39 Å². The van der Waals surface area contributed by atoms with Crippen LogP contribution in [0.3, 0.4) is 0 Å². The van der Waals surface area contributed by atoms with E-state index in [9.17, 15) is 9.18 Å². The summed E-state index contributed by atoms with van der Waals surface area (Å²) >= 11 is 0. The lowest BCUT2D eigenvalue weighted by molar-refractivity contribution is 0.0941. The van der Waals surface area contributed by atoms with E-state index in [-0.39, 0.29) is 18.2 Å². The lowest BCUT2D eigenvalue weighted by Crippen LogP contribution is -2.25. The predicted molar refractivity (Wildman–Crippen MR) is 111 cm³/mol. The number of ether oxygens (including phenoxy) is 1. The zero-order chi connectivity index (χ0) is 20.6. The van der Waals surface area contributed by atoms with Crippen molar-refractivity contribution < 1.29 is 13.9 Å². The van der Waals surface area contributed by atoms with E-state index in [4.69, 9.17) is 4.74 Å². The van der Waals surface area contributed by atoms with E-state index < -0.39 is 5.82 Å². The van der Waals surface area contributed by atoms with Gasteiger partial charge in [-0.3, -0.25) is 9.48 Å². The molecular weight excluding hydrogens is 369 g/mol. The van der Waals surface area contributed by atoms with Gasteiger partial charge in [0.2, 0.25) is 0 Å². The van der Waals surface area contributed by atoms with E-state index >= 15 is 0 Å². The highest BCUT2D eigenvalue weighted by atomic mass is 19.1. The van der Waals surface area contributed by atoms with Gasteiger partial charge in [-0.1, -0.05) is 57.6 Å². The maximum absolute atomic E-state index is 14.7. The Kier molecular flexibility index (Phi) is 7.67. The van der Waals surface area contributed by atoms with Crippen molar-refractivity contribution in [3.8, 4) is 5.75 Å². The Balaban J connectivity index is 1.45. The summed E-state index contributed by atoms with van der Waals surface area (Å²) in [6.07, 6.45) is 9.56. The van der Waals surface area contributed by atoms with Crippen molar-refractivity contribution in [2.24, 2.45) is 13.0 Å². The molecule has 1 heterocycles. The van der Waals surface area contributed by atoms with Crippen molar-refractivity contribution in [1.29, 1.82) is 0 Å². The van der Waals surface area contributed by atoms with E-state index in [0.717, 1.165) is 30.9 Å². The number of hydrogen-bond acceptors (Lipinski definition) is 3. The van der Waals surface area contributed by atoms with Crippen molar-refractivity contribution in [1.82, 2.24) is 15.1 Å². The predicted octanol–water partition coefficient (Wildman–Crippen LogP) is 4.79. The summed E-state index contributed by atoms with van der Waals surface area (Å²) in [5.41, 5.74) is 1.74. The number of nitrogens with one attached hydrogen (secondary N) is 1. The largest absolute Gasteiger partial charge is 0.491 e. The lowest BCUT2D eigenvalue weighted by Gasteiger charge is -2.24. The zero-order valence-corrected chi connectivity index (χ0v) is 17.5. The highest BCUT2D eigenvalue weighted by molar-refractivity contribution is 5.92. The molecule has 2 aromatic rings. The Morgan fingerprint density at radius 1 is 1.31 bits per heavy atom. The molecule has 29 heavy (non-hydrogen) atoms. The Hall–Kier alpha value is -2.37. The second-order valence-corrected chi connectivity index (χ2v) is 7.90. The van der Waals surface area contributed by atoms with Crippen LogP contribution in [-0.4, -0.2) is 22.3 Å². The Morgan fingerprint density at radius 2 is 2.14 bits per heavy atom. The van der Waals surface area contributed by atoms with E-state index in [1.807, 2.05) is 6.92 Å². The quantitative estimate of drug-likeness (QED) is 0.551. The summed E-state index contributed by atoms with van der Waals surface area (Å²) in [6.45, 7) is 2.61. The minimum atomic E-state index is -0.401. The van der Waals surface area contributed by atoms with Crippen LogP contribution in [0.4, 0.5) is 4.39 Å². The molecule has 0 bridgehead atoms. The molecular formula is C23H32FN3O2. The van der Waals surface area contributed by atoms with Gasteiger partial charge in [0.1, 0.15) is 5.69 Å². The summed E-state index contributed by atoms with van der Waals surface area (Å²) in [6, 6.07) is 6.83. The second-order valence-electron chi connectivity index (χ2n) is 7.90. The summed E-state index contributed by atoms with van der Waals surface area (Å²) < 4.78 is 21.9. The number of rotatable bonds is 11. The summed E-state index contributed by atoms with van der Waals surface area (Å²) in [5.74, 6) is 0.531. The number of nitrogens with zero attached hydrogens (tertiary/aromatic N) is 2. The van der Waals surface area contributed by atoms with Crippen LogP contribution >= 0.6 is 0 Å². The number of hydrogen-bond donors (Lipinski definition) is 1. The van der Waals surface area contributed by atoms with Gasteiger partial charge in [-0.05, 0) is 30.9 Å². The van der Waals surface area contributed by atoms with Gasteiger partial charge in [0.25, 0.3) is 5.91 Å². The van der Waals surface area contributed by atoms with Crippen molar-refractivity contribution in [2.45, 2.75) is 64.8 Å². The molecule has 1 fully saturated rings. The third-order valence-electron chi connectivity index (χ3n) is 5.75. The Morgan fingerprint density at radius 3 is 2.83 bits per heavy atom. The molecule has 0 spiro atoms. The first-order valence-electron chi connectivity index (χ1n) is 10.8. The fourth-order valence-electron chi connectivity index (χ4n) is 3.66. The fraction of sp³-hybridized carbons (Fsp3) is 0.565. The number of halogens is 1. The number of benzene rings is 1. The molecule has 1 N–H and O–H groups in total. The number of unbranched alkanes of at least 4 members (excludes halogenated alkanes) is 2. The highest BCUT2D eigenvalue weighted by Crippen LogP contribution is 2.31. The number of aromatic nitrogens is 2. The molecule has 0 saturated heterocycles. The normalized spacial score (nSPS) is 13.9. The molecule has 1 amide bonds. The smallest absolute Gasteiger partial charge is 0.269 e. The molecule has 1 aromatic carbocycles. The molecule has 1 aromatic heterocycles. The van der Waals surface area contributed by atoms with Crippen molar-refractivity contribution in [3.63, 3.8) is 0 Å². The van der Waals surface area contributed by atoms with Crippen LogP contribution in [0.15, 0.2) is 24.3 Å². The number of carbonyl (C=O) groups is 1. The van der Waals surface area contributed by atoms with Gasteiger partial charge in [0, 0.05) is 19.2 Å². The molecule has 5 nitrogen and oxygen atoms in total. The monoisotopic (exact) mass is 401 g/mol. The molecule has 3 rings (SSSR count). The SMILES string of the molecule is CCc1cc(C(=O)NCc2cccc(OCCCCCC3CCC3)c2F)n(C)n1.